The zero-order valence-corrected chi connectivity index (χ0v) is 23.5. The summed E-state index contributed by atoms with van der Waals surface area (Å²) in [4.78, 5) is 67.2. The van der Waals surface area contributed by atoms with Crippen LogP contribution in [0.2, 0.25) is 0 Å². The molecule has 3 heterocycles. The number of hydrogen-bond acceptors (Lipinski definition) is 8. The van der Waals surface area contributed by atoms with E-state index in [2.05, 4.69) is 25.8 Å². The number of carbonyl (C=O) groups excluding carboxylic acids is 5. The van der Waals surface area contributed by atoms with Crippen LogP contribution in [0, 0.1) is 0 Å². The first-order chi connectivity index (χ1) is 19.0. The van der Waals surface area contributed by atoms with Crippen LogP contribution >= 0.6 is 0 Å². The van der Waals surface area contributed by atoms with Gasteiger partial charge in [0.2, 0.25) is 17.7 Å². The smallest absolute Gasteiger partial charge is 0.407 e. The summed E-state index contributed by atoms with van der Waals surface area (Å²) in [6.07, 6.45) is 1.47. The lowest BCUT2D eigenvalue weighted by Crippen LogP contribution is -2.52. The predicted molar refractivity (Wildman–Crippen MR) is 148 cm³/mol. The molecular weight excluding hydrogens is 516 g/mol. The van der Waals surface area contributed by atoms with Crippen LogP contribution in [0.4, 0.5) is 10.5 Å². The summed E-state index contributed by atoms with van der Waals surface area (Å²) >= 11 is 0. The minimum Gasteiger partial charge on any atom is -0.444 e. The number of hydrogen-bond donors (Lipinski definition) is 3. The summed E-state index contributed by atoms with van der Waals surface area (Å²) in [5.74, 6) is -1.06. The number of rotatable bonds is 6. The van der Waals surface area contributed by atoms with Gasteiger partial charge in [0.15, 0.2) is 0 Å². The summed E-state index contributed by atoms with van der Waals surface area (Å²) in [7, 11) is 0. The second kappa shape index (κ2) is 12.7. The van der Waals surface area contributed by atoms with Crippen molar-refractivity contribution in [3.63, 3.8) is 0 Å². The number of piperidine rings is 2. The van der Waals surface area contributed by atoms with Gasteiger partial charge in [-0.05, 0) is 58.2 Å². The molecule has 3 N–H and O–H groups in total. The Bertz CT molecular complexity index is 1120. The van der Waals surface area contributed by atoms with E-state index in [9.17, 15) is 24.0 Å². The third-order valence-corrected chi connectivity index (χ3v) is 7.32. The first-order valence-electron chi connectivity index (χ1n) is 14.0. The van der Waals surface area contributed by atoms with Crippen molar-refractivity contribution in [1.82, 2.24) is 25.8 Å². The molecule has 0 radical (unpaired) electrons. The molecule has 3 aliphatic rings. The van der Waals surface area contributed by atoms with Crippen LogP contribution in [-0.4, -0.2) is 103 Å². The molecule has 3 saturated heterocycles. The SMILES string of the molecule is CC(C)(C)OC(=O)NC1CCN(C(=O)CN2CCN(c3cccc(C(=O)NC4CCC(=O)NC4=O)c3)CC2)CC1. The van der Waals surface area contributed by atoms with Gasteiger partial charge in [-0.3, -0.25) is 29.4 Å². The topological polar surface area (TPSA) is 140 Å². The molecule has 1 aromatic carbocycles. The number of carbonyl (C=O) groups is 5. The van der Waals surface area contributed by atoms with Gasteiger partial charge in [-0.15, -0.1) is 0 Å². The Morgan fingerprint density at radius 3 is 2.33 bits per heavy atom. The summed E-state index contributed by atoms with van der Waals surface area (Å²) in [5, 5.41) is 7.87. The average molecular weight is 557 g/mol. The third-order valence-electron chi connectivity index (χ3n) is 7.32. The van der Waals surface area contributed by atoms with Crippen molar-refractivity contribution in [3.05, 3.63) is 29.8 Å². The zero-order valence-electron chi connectivity index (χ0n) is 23.5. The summed E-state index contributed by atoms with van der Waals surface area (Å²) in [5.41, 5.74) is 0.811. The van der Waals surface area contributed by atoms with Crippen molar-refractivity contribution in [2.45, 2.75) is 64.1 Å². The molecule has 1 aromatic rings. The molecule has 12 nitrogen and oxygen atoms in total. The number of benzene rings is 1. The molecule has 3 fully saturated rings. The van der Waals surface area contributed by atoms with Gasteiger partial charge < -0.3 is 25.2 Å². The van der Waals surface area contributed by atoms with E-state index in [0.717, 1.165) is 18.8 Å². The molecule has 0 aromatic heterocycles. The number of alkyl carbamates (subject to hydrolysis) is 1. The Kier molecular flexibility index (Phi) is 9.28. The van der Waals surface area contributed by atoms with Crippen LogP contribution in [-0.2, 0) is 19.1 Å². The molecule has 12 heteroatoms. The number of ether oxygens (including phenoxy) is 1. The summed E-state index contributed by atoms with van der Waals surface area (Å²) in [6, 6.07) is 6.54. The van der Waals surface area contributed by atoms with E-state index in [4.69, 9.17) is 4.74 Å². The second-order valence-electron chi connectivity index (χ2n) is 11.6. The van der Waals surface area contributed by atoms with E-state index in [1.165, 1.54) is 0 Å². The Morgan fingerprint density at radius 2 is 1.68 bits per heavy atom. The highest BCUT2D eigenvalue weighted by Gasteiger charge is 2.29. The summed E-state index contributed by atoms with van der Waals surface area (Å²) < 4.78 is 5.33. The number of nitrogens with one attached hydrogen (secondary N) is 3. The van der Waals surface area contributed by atoms with Crippen LogP contribution in [0.25, 0.3) is 0 Å². The lowest BCUT2D eigenvalue weighted by Gasteiger charge is -2.38. The molecule has 0 aliphatic carbocycles. The molecule has 1 atom stereocenters. The van der Waals surface area contributed by atoms with Crippen LogP contribution in [0.15, 0.2) is 24.3 Å². The van der Waals surface area contributed by atoms with Crippen molar-refractivity contribution < 1.29 is 28.7 Å². The lowest BCUT2D eigenvalue weighted by molar-refractivity contribution is -0.135. The number of amides is 5. The molecule has 0 bridgehead atoms. The van der Waals surface area contributed by atoms with Gasteiger partial charge in [-0.25, -0.2) is 4.79 Å². The van der Waals surface area contributed by atoms with Gasteiger partial charge in [-0.1, -0.05) is 6.07 Å². The minimum atomic E-state index is -0.720. The highest BCUT2D eigenvalue weighted by atomic mass is 16.6. The molecular formula is C28H40N6O6. The maximum Gasteiger partial charge on any atom is 0.407 e. The quantitative estimate of drug-likeness (QED) is 0.439. The van der Waals surface area contributed by atoms with Crippen molar-refractivity contribution in [2.75, 3.05) is 50.7 Å². The van der Waals surface area contributed by atoms with Crippen molar-refractivity contribution in [2.24, 2.45) is 0 Å². The van der Waals surface area contributed by atoms with Gasteiger partial charge in [-0.2, -0.15) is 0 Å². The van der Waals surface area contributed by atoms with E-state index >= 15 is 0 Å². The number of piperazine rings is 1. The molecule has 218 valence electrons. The highest BCUT2D eigenvalue weighted by Crippen LogP contribution is 2.19. The zero-order chi connectivity index (χ0) is 28.9. The standard InChI is InChI=1S/C28H40N6O6/c1-28(2,3)40-27(39)29-20-9-11-34(12-10-20)24(36)18-32-13-15-33(16-14-32)21-6-4-5-19(17-21)25(37)30-22-7-8-23(35)31-26(22)38/h4-6,17,20,22H,7-16,18H2,1-3H3,(H,29,39)(H,30,37)(H,31,35,38). The Labute approximate surface area is 234 Å². The molecule has 3 aliphatic heterocycles. The van der Waals surface area contributed by atoms with E-state index in [0.29, 0.717) is 51.1 Å². The van der Waals surface area contributed by atoms with E-state index in [-0.39, 0.29) is 36.6 Å². The van der Waals surface area contributed by atoms with Crippen molar-refractivity contribution in [3.8, 4) is 0 Å². The molecule has 0 spiro atoms. The molecule has 0 saturated carbocycles. The molecule has 5 amide bonds. The Morgan fingerprint density at radius 1 is 0.975 bits per heavy atom. The second-order valence-corrected chi connectivity index (χ2v) is 11.6. The van der Waals surface area contributed by atoms with Gasteiger partial charge in [0.1, 0.15) is 11.6 Å². The normalized spacial score (nSPS) is 21.0. The average Bonchev–Trinajstić information content (AvgIpc) is 2.90. The third kappa shape index (κ3) is 8.17. The van der Waals surface area contributed by atoms with Crippen LogP contribution < -0.4 is 20.9 Å². The molecule has 1 unspecified atom stereocenters. The maximum atomic E-state index is 12.9. The van der Waals surface area contributed by atoms with E-state index < -0.39 is 23.6 Å². The number of nitrogens with zero attached hydrogens (tertiary/aromatic N) is 3. The van der Waals surface area contributed by atoms with Gasteiger partial charge >= 0.3 is 6.09 Å². The number of anilines is 1. The van der Waals surface area contributed by atoms with Crippen molar-refractivity contribution >= 4 is 35.4 Å². The Hall–Kier alpha value is -3.67. The van der Waals surface area contributed by atoms with Crippen LogP contribution in [0.1, 0.15) is 56.8 Å². The van der Waals surface area contributed by atoms with Gasteiger partial charge in [0.05, 0.1) is 6.54 Å². The fraction of sp³-hybridized carbons (Fsp3) is 0.607. The first-order valence-corrected chi connectivity index (χ1v) is 14.0. The number of likely N-dealkylation sites (tertiary alicyclic amines) is 1. The van der Waals surface area contributed by atoms with Crippen LogP contribution in [0.3, 0.4) is 0 Å². The minimum absolute atomic E-state index is 0.00399. The van der Waals surface area contributed by atoms with Gasteiger partial charge in [0, 0.05) is 63.0 Å². The van der Waals surface area contributed by atoms with Crippen molar-refractivity contribution in [1.29, 1.82) is 0 Å². The summed E-state index contributed by atoms with van der Waals surface area (Å²) in [6.45, 7) is 9.92. The number of imide groups is 1. The highest BCUT2D eigenvalue weighted by molar-refractivity contribution is 6.04. The molecule has 40 heavy (non-hydrogen) atoms. The van der Waals surface area contributed by atoms with E-state index in [1.54, 1.807) is 12.1 Å². The molecule has 4 rings (SSSR count). The fourth-order valence-corrected chi connectivity index (χ4v) is 5.12. The largest absolute Gasteiger partial charge is 0.444 e. The predicted octanol–water partition coefficient (Wildman–Crippen LogP) is 0.859. The monoisotopic (exact) mass is 556 g/mol. The Balaban J connectivity index is 1.20. The van der Waals surface area contributed by atoms with Crippen LogP contribution in [0.5, 0.6) is 0 Å². The van der Waals surface area contributed by atoms with Gasteiger partial charge in [0.25, 0.3) is 5.91 Å². The maximum absolute atomic E-state index is 12.9. The fourth-order valence-electron chi connectivity index (χ4n) is 5.12. The lowest BCUT2D eigenvalue weighted by atomic mass is 10.1. The van der Waals surface area contributed by atoms with E-state index in [1.807, 2.05) is 37.8 Å². The first kappa shape index (κ1) is 29.3.